The van der Waals surface area contributed by atoms with E-state index in [9.17, 15) is 15.5 Å². The maximum atomic E-state index is 9.76. The third-order valence-corrected chi connectivity index (χ3v) is 5.06. The molecule has 28 heavy (non-hydrogen) atoms. The van der Waals surface area contributed by atoms with Crippen molar-refractivity contribution in [1.29, 1.82) is 5.26 Å². The third-order valence-electron chi connectivity index (χ3n) is 4.26. The molecule has 1 aliphatic heterocycles. The third kappa shape index (κ3) is 3.61. The number of aliphatic hydroxyl groups is 2. The Hall–Kier alpha value is -2.84. The number of hydrogen-bond acceptors (Lipinski definition) is 10. The van der Waals surface area contributed by atoms with Gasteiger partial charge in [0, 0.05) is 24.7 Å². The van der Waals surface area contributed by atoms with E-state index in [4.69, 9.17) is 5.73 Å². The first-order valence-corrected chi connectivity index (χ1v) is 8.98. The summed E-state index contributed by atoms with van der Waals surface area (Å²) in [6.07, 6.45) is 3.02. The van der Waals surface area contributed by atoms with Gasteiger partial charge in [0.15, 0.2) is 0 Å². The predicted molar refractivity (Wildman–Crippen MR) is 107 cm³/mol. The minimum Gasteiger partial charge on any atom is -0.398 e. The molecule has 4 rings (SSSR count). The summed E-state index contributed by atoms with van der Waals surface area (Å²) >= 11 is 1.41. The van der Waals surface area contributed by atoms with Crippen molar-refractivity contribution >= 4 is 35.2 Å². The van der Waals surface area contributed by atoms with Crippen molar-refractivity contribution in [1.82, 2.24) is 19.9 Å². The number of hydrogen-bond donors (Lipinski definition) is 3. The Kier molecular flexibility index (Phi) is 5.71. The van der Waals surface area contributed by atoms with Crippen molar-refractivity contribution in [3.63, 3.8) is 0 Å². The van der Waals surface area contributed by atoms with E-state index in [1.807, 2.05) is 5.38 Å². The van der Waals surface area contributed by atoms with Gasteiger partial charge in [-0.15, -0.1) is 23.7 Å². The number of nitrogen functional groups attached to an aromatic ring is 1. The maximum absolute atomic E-state index is 9.76. The number of nitrogens with zero attached hydrogens (tertiary/aromatic N) is 6. The van der Waals surface area contributed by atoms with Gasteiger partial charge in [0.2, 0.25) is 0 Å². The van der Waals surface area contributed by atoms with Crippen LogP contribution in [0.25, 0.3) is 22.1 Å². The summed E-state index contributed by atoms with van der Waals surface area (Å²) < 4.78 is 0. The standard InChI is InChI=1S/C17H15N7O2S.ClH/c18-4-9-10(19)3-11(17-21-1-2-27-17)23-16(9)12-5-20-6-15(22-12)24-7-13(25)14(26)8-24;/h1-3,5-6,13-14,25-26H,7-8H2,(H2,19,23);1H/t13-,14-;/m0./s1. The van der Waals surface area contributed by atoms with E-state index in [-0.39, 0.29) is 36.7 Å². The van der Waals surface area contributed by atoms with Crippen LogP contribution in [0, 0.1) is 11.3 Å². The Bertz CT molecular complexity index is 1010. The van der Waals surface area contributed by atoms with Gasteiger partial charge in [-0.1, -0.05) is 0 Å². The summed E-state index contributed by atoms with van der Waals surface area (Å²) in [5.74, 6) is 0.479. The molecule has 0 radical (unpaired) electrons. The SMILES string of the molecule is Cl.N#Cc1c(N)cc(-c2nccs2)nc1-c1cncc(N2C[C@H](O)[C@@H](O)C2)n1. The molecule has 0 spiro atoms. The second kappa shape index (κ2) is 8.04. The summed E-state index contributed by atoms with van der Waals surface area (Å²) in [6.45, 7) is 0.498. The Labute approximate surface area is 170 Å². The van der Waals surface area contributed by atoms with Crippen molar-refractivity contribution in [3.8, 4) is 28.2 Å². The van der Waals surface area contributed by atoms with Crippen molar-refractivity contribution in [2.45, 2.75) is 12.2 Å². The molecule has 3 aromatic heterocycles. The molecule has 0 amide bonds. The Morgan fingerprint density at radius 2 is 1.93 bits per heavy atom. The van der Waals surface area contributed by atoms with E-state index in [1.165, 1.54) is 23.7 Å². The average molecular weight is 418 g/mol. The lowest BCUT2D eigenvalue weighted by molar-refractivity contribution is 0.0572. The number of aromatic nitrogens is 4. The number of halogens is 1. The molecule has 11 heteroatoms. The van der Waals surface area contributed by atoms with Crippen LogP contribution < -0.4 is 10.6 Å². The van der Waals surface area contributed by atoms with Crippen LogP contribution in [0.5, 0.6) is 0 Å². The maximum Gasteiger partial charge on any atom is 0.148 e. The van der Waals surface area contributed by atoms with Crippen LogP contribution in [0.4, 0.5) is 11.5 Å². The Morgan fingerprint density at radius 1 is 1.18 bits per heavy atom. The molecule has 4 heterocycles. The highest BCUT2D eigenvalue weighted by Crippen LogP contribution is 2.31. The fourth-order valence-corrected chi connectivity index (χ4v) is 3.50. The minimum atomic E-state index is -0.841. The zero-order valence-corrected chi connectivity index (χ0v) is 16.1. The lowest BCUT2D eigenvalue weighted by Crippen LogP contribution is -2.22. The van der Waals surface area contributed by atoms with Crippen molar-refractivity contribution < 1.29 is 10.2 Å². The van der Waals surface area contributed by atoms with Gasteiger partial charge in [-0.25, -0.2) is 15.0 Å². The fourth-order valence-electron chi connectivity index (χ4n) is 2.91. The van der Waals surface area contributed by atoms with Crippen LogP contribution in [0.15, 0.2) is 30.0 Å². The van der Waals surface area contributed by atoms with Gasteiger partial charge < -0.3 is 20.8 Å². The monoisotopic (exact) mass is 417 g/mol. The molecular weight excluding hydrogens is 402 g/mol. The number of nitriles is 1. The Morgan fingerprint density at radius 3 is 2.57 bits per heavy atom. The van der Waals surface area contributed by atoms with Crippen LogP contribution in [0.1, 0.15) is 5.56 Å². The molecular formula is C17H16ClN7O2S. The van der Waals surface area contributed by atoms with Crippen LogP contribution in [-0.4, -0.2) is 55.4 Å². The highest BCUT2D eigenvalue weighted by atomic mass is 35.5. The number of thiazole rings is 1. The largest absolute Gasteiger partial charge is 0.398 e. The van der Waals surface area contributed by atoms with Crippen LogP contribution in [0.2, 0.25) is 0 Å². The normalized spacial score (nSPS) is 18.5. The van der Waals surface area contributed by atoms with Crippen LogP contribution in [0.3, 0.4) is 0 Å². The summed E-state index contributed by atoms with van der Waals surface area (Å²) in [7, 11) is 0. The smallest absolute Gasteiger partial charge is 0.148 e. The van der Waals surface area contributed by atoms with Crippen molar-refractivity contribution in [2.24, 2.45) is 0 Å². The van der Waals surface area contributed by atoms with E-state index in [2.05, 4.69) is 26.0 Å². The number of anilines is 2. The van der Waals surface area contributed by atoms with Gasteiger partial charge in [0.05, 0.1) is 30.3 Å². The molecule has 0 aromatic carbocycles. The van der Waals surface area contributed by atoms with Crippen LogP contribution in [-0.2, 0) is 0 Å². The minimum absolute atomic E-state index is 0. The zero-order valence-electron chi connectivity index (χ0n) is 14.4. The molecule has 4 N–H and O–H groups in total. The van der Waals surface area contributed by atoms with Gasteiger partial charge in [0.25, 0.3) is 0 Å². The molecule has 0 bridgehead atoms. The first-order valence-electron chi connectivity index (χ1n) is 8.11. The quantitative estimate of drug-likeness (QED) is 0.569. The first kappa shape index (κ1) is 19.9. The summed E-state index contributed by atoms with van der Waals surface area (Å²) in [6, 6.07) is 3.69. The number of nitrogens with two attached hydrogens (primary N) is 1. The van der Waals surface area contributed by atoms with E-state index >= 15 is 0 Å². The first-order chi connectivity index (χ1) is 13.1. The second-order valence-corrected chi connectivity index (χ2v) is 6.97. The number of rotatable bonds is 3. The molecule has 1 aliphatic rings. The molecule has 2 atom stereocenters. The zero-order chi connectivity index (χ0) is 19.0. The number of aliphatic hydroxyl groups excluding tert-OH is 2. The second-order valence-electron chi connectivity index (χ2n) is 6.07. The molecule has 1 fully saturated rings. The van der Waals surface area contributed by atoms with Gasteiger partial charge in [0.1, 0.15) is 39.5 Å². The molecule has 1 saturated heterocycles. The molecule has 9 nitrogen and oxygen atoms in total. The van der Waals surface area contributed by atoms with Gasteiger partial charge >= 0.3 is 0 Å². The highest BCUT2D eigenvalue weighted by Gasteiger charge is 2.30. The summed E-state index contributed by atoms with van der Waals surface area (Å²) in [5, 5.41) is 31.6. The molecule has 144 valence electrons. The number of pyridine rings is 1. The lowest BCUT2D eigenvalue weighted by atomic mass is 10.1. The van der Waals surface area contributed by atoms with Crippen LogP contribution >= 0.6 is 23.7 Å². The number of β-amino-alcohol motifs (C(OH)–C–C–N with tert-alkyl or cyclic N) is 2. The molecule has 0 saturated carbocycles. The molecule has 0 aliphatic carbocycles. The predicted octanol–water partition coefficient (Wildman–Crippen LogP) is 1.08. The van der Waals surface area contributed by atoms with Gasteiger partial charge in [-0.3, -0.25) is 4.98 Å². The Balaban J connectivity index is 0.00000225. The van der Waals surface area contributed by atoms with E-state index in [1.54, 1.807) is 17.2 Å². The highest BCUT2D eigenvalue weighted by molar-refractivity contribution is 7.13. The topological polar surface area (TPSA) is 145 Å². The lowest BCUT2D eigenvalue weighted by Gasteiger charge is -2.17. The summed E-state index contributed by atoms with van der Waals surface area (Å²) in [5.41, 5.74) is 7.81. The fraction of sp³-hybridized carbons (Fsp3) is 0.235. The molecule has 3 aromatic rings. The molecule has 0 unspecified atom stereocenters. The average Bonchev–Trinajstić information content (AvgIpc) is 3.32. The summed E-state index contributed by atoms with van der Waals surface area (Å²) in [4.78, 5) is 19.2. The van der Waals surface area contributed by atoms with Gasteiger partial charge in [-0.05, 0) is 6.07 Å². The van der Waals surface area contributed by atoms with Crippen molar-refractivity contribution in [2.75, 3.05) is 23.7 Å². The van der Waals surface area contributed by atoms with E-state index < -0.39 is 12.2 Å². The van der Waals surface area contributed by atoms with Gasteiger partial charge in [-0.2, -0.15) is 5.26 Å². The van der Waals surface area contributed by atoms with E-state index in [0.29, 0.717) is 27.9 Å². The van der Waals surface area contributed by atoms with Crippen molar-refractivity contribution in [3.05, 3.63) is 35.6 Å². The van der Waals surface area contributed by atoms with E-state index in [0.717, 1.165) is 0 Å².